The molecular weight excluding hydrogens is 510 g/mol. The first-order valence-electron chi connectivity index (χ1n) is 11.8. The molecule has 7 nitrogen and oxygen atoms in total. The Kier molecular flexibility index (Phi) is 9.60. The van der Waals surface area contributed by atoms with Crippen molar-refractivity contribution in [2.24, 2.45) is 0 Å². The number of aromatic nitrogens is 1. The van der Waals surface area contributed by atoms with Crippen LogP contribution in [-0.4, -0.2) is 47.7 Å². The van der Waals surface area contributed by atoms with Gasteiger partial charge in [-0.1, -0.05) is 33.8 Å². The minimum atomic E-state index is -0.277. The van der Waals surface area contributed by atoms with E-state index in [0.717, 1.165) is 28.8 Å². The van der Waals surface area contributed by atoms with Gasteiger partial charge in [0.2, 0.25) is 0 Å². The van der Waals surface area contributed by atoms with E-state index in [-0.39, 0.29) is 53.0 Å². The summed E-state index contributed by atoms with van der Waals surface area (Å²) >= 11 is 0. The number of pyridine rings is 1. The van der Waals surface area contributed by atoms with E-state index in [1.54, 1.807) is 18.9 Å². The molecule has 35 heavy (non-hydrogen) atoms. The average molecular weight is 547 g/mol. The molecule has 0 fully saturated rings. The molecule has 2 aromatic rings. The first-order chi connectivity index (χ1) is 16.1. The van der Waals surface area contributed by atoms with Gasteiger partial charge >= 0.3 is 5.97 Å². The van der Waals surface area contributed by atoms with Crippen LogP contribution in [0.3, 0.4) is 0 Å². The van der Waals surface area contributed by atoms with Gasteiger partial charge in [0.15, 0.2) is 5.78 Å². The van der Waals surface area contributed by atoms with Gasteiger partial charge in [-0.05, 0) is 48.9 Å². The van der Waals surface area contributed by atoms with E-state index < -0.39 is 0 Å². The minimum Gasteiger partial charge on any atom is -0.496 e. The first-order valence-corrected chi connectivity index (χ1v) is 11.8. The highest BCUT2D eigenvalue weighted by Crippen LogP contribution is 2.36. The number of esters is 1. The monoisotopic (exact) mass is 545 g/mol. The fourth-order valence-electron chi connectivity index (χ4n) is 4.20. The normalized spacial score (nSPS) is 12.7. The highest BCUT2D eigenvalue weighted by Gasteiger charge is 2.29. The van der Waals surface area contributed by atoms with E-state index in [1.807, 2.05) is 31.2 Å². The maximum absolute atomic E-state index is 13.4. The molecule has 0 atom stereocenters. The summed E-state index contributed by atoms with van der Waals surface area (Å²) in [5, 5.41) is 8.56. The van der Waals surface area contributed by atoms with Crippen LogP contribution in [0.15, 0.2) is 24.3 Å². The molecule has 0 aliphatic carbocycles. The summed E-state index contributed by atoms with van der Waals surface area (Å²) in [4.78, 5) is 31.7. The summed E-state index contributed by atoms with van der Waals surface area (Å²) in [7, 11) is 1.61. The third kappa shape index (κ3) is 6.48. The number of nitrogens with zero attached hydrogens (tertiary/aromatic N) is 2. The molecule has 0 radical (unpaired) electrons. The lowest BCUT2D eigenvalue weighted by Crippen LogP contribution is -2.31. The Hall–Kier alpha value is -2.74. The van der Waals surface area contributed by atoms with E-state index in [2.05, 4.69) is 25.8 Å². The Morgan fingerprint density at radius 2 is 1.89 bits per heavy atom. The zero-order valence-corrected chi connectivity index (χ0v) is 23.2. The van der Waals surface area contributed by atoms with Gasteiger partial charge in [0.05, 0.1) is 20.3 Å². The molecule has 0 spiro atoms. The van der Waals surface area contributed by atoms with Crippen LogP contribution in [0.4, 0.5) is 0 Å². The van der Waals surface area contributed by atoms with Crippen molar-refractivity contribution >= 4 is 34.6 Å². The van der Waals surface area contributed by atoms with E-state index in [4.69, 9.17) is 14.9 Å². The molecule has 0 unspecified atom stereocenters. The molecule has 0 saturated carbocycles. The number of fused-ring (bicyclic) bond motifs is 1. The maximum atomic E-state index is 13.4. The third-order valence-corrected chi connectivity index (χ3v) is 6.04. The number of carbonyl (C=O) groups is 2. The standard InChI is InChI=1S/C27H35N3O4.BrH/c1-7-20-11-9-18-15-30(26(28)24(18)29-20)16-22(31)19-13-17(10-12-23(32)34-8-2)25(33-6)21(14-19)27(3,4)5;/h9,11,13-14,28H,7-8,10,12,15-16H2,1-6H3;1H. The van der Waals surface area contributed by atoms with Crippen LogP contribution in [0.5, 0.6) is 5.75 Å². The summed E-state index contributed by atoms with van der Waals surface area (Å²) in [6.07, 6.45) is 1.43. The zero-order valence-electron chi connectivity index (χ0n) is 21.5. The number of carbonyl (C=O) groups excluding carboxylic acids is 2. The second-order valence-corrected chi connectivity index (χ2v) is 9.56. The molecule has 0 bridgehead atoms. The minimum absolute atomic E-state index is 0. The number of ketones is 1. The quantitative estimate of drug-likeness (QED) is 0.350. The predicted octanol–water partition coefficient (Wildman–Crippen LogP) is 5.05. The fraction of sp³-hybridized carbons (Fsp3) is 0.481. The molecule has 1 aliphatic heterocycles. The number of Topliss-reactive ketones (excluding diaryl/α,β-unsaturated/α-hetero) is 1. The van der Waals surface area contributed by atoms with Crippen LogP contribution in [-0.2, 0) is 34.3 Å². The molecule has 1 N–H and O–H groups in total. The number of rotatable bonds is 9. The second kappa shape index (κ2) is 11.8. The van der Waals surface area contributed by atoms with E-state index in [1.165, 1.54) is 0 Å². The van der Waals surface area contributed by atoms with Crippen LogP contribution in [0.25, 0.3) is 0 Å². The molecule has 8 heteroatoms. The van der Waals surface area contributed by atoms with Gasteiger partial charge in [-0.25, -0.2) is 4.98 Å². The van der Waals surface area contributed by atoms with E-state index >= 15 is 0 Å². The number of methoxy groups -OCH3 is 1. The number of nitrogens with one attached hydrogen (secondary N) is 1. The number of hydrogen-bond donors (Lipinski definition) is 1. The number of aryl methyl sites for hydroxylation is 2. The van der Waals surface area contributed by atoms with Crippen LogP contribution in [0.2, 0.25) is 0 Å². The molecule has 1 aliphatic rings. The molecular formula is C27H36BrN3O4. The Labute approximate surface area is 218 Å². The molecule has 0 amide bonds. The summed E-state index contributed by atoms with van der Waals surface area (Å²) in [6, 6.07) is 7.68. The Bertz CT molecular complexity index is 1110. The average Bonchev–Trinajstić information content (AvgIpc) is 3.10. The Morgan fingerprint density at radius 3 is 2.49 bits per heavy atom. The van der Waals surface area contributed by atoms with Crippen molar-refractivity contribution in [1.82, 2.24) is 9.88 Å². The smallest absolute Gasteiger partial charge is 0.306 e. The summed E-state index contributed by atoms with van der Waals surface area (Å²) < 4.78 is 10.8. The molecule has 1 aromatic carbocycles. The molecule has 1 aromatic heterocycles. The van der Waals surface area contributed by atoms with Gasteiger partial charge in [-0.15, -0.1) is 17.0 Å². The van der Waals surface area contributed by atoms with Crippen molar-refractivity contribution in [3.8, 4) is 5.75 Å². The van der Waals surface area contributed by atoms with Crippen molar-refractivity contribution in [3.05, 3.63) is 57.9 Å². The summed E-state index contributed by atoms with van der Waals surface area (Å²) in [5.74, 6) is 0.622. The largest absolute Gasteiger partial charge is 0.496 e. The SMILES string of the molecule is Br.CCOC(=O)CCc1cc(C(=O)CN2Cc3ccc(CC)nc3C2=N)cc(C(C)(C)C)c1OC. The number of amidine groups is 1. The van der Waals surface area contributed by atoms with Crippen molar-refractivity contribution in [1.29, 1.82) is 5.41 Å². The van der Waals surface area contributed by atoms with Gasteiger partial charge in [0, 0.05) is 35.3 Å². The summed E-state index contributed by atoms with van der Waals surface area (Å²) in [6.45, 7) is 10.9. The van der Waals surface area contributed by atoms with Gasteiger partial charge in [-0.2, -0.15) is 0 Å². The number of ether oxygens (including phenoxy) is 2. The van der Waals surface area contributed by atoms with Crippen molar-refractivity contribution in [2.75, 3.05) is 20.3 Å². The Morgan fingerprint density at radius 1 is 1.17 bits per heavy atom. The van der Waals surface area contributed by atoms with Gasteiger partial charge < -0.3 is 14.4 Å². The van der Waals surface area contributed by atoms with Crippen molar-refractivity contribution in [2.45, 2.75) is 65.8 Å². The topological polar surface area (TPSA) is 92.6 Å². The number of hydrogen-bond acceptors (Lipinski definition) is 6. The van der Waals surface area contributed by atoms with Crippen LogP contribution >= 0.6 is 17.0 Å². The number of halogens is 1. The zero-order chi connectivity index (χ0) is 25.0. The lowest BCUT2D eigenvalue weighted by Gasteiger charge is -2.25. The fourth-order valence-corrected chi connectivity index (χ4v) is 4.20. The Balaban J connectivity index is 0.00000432. The predicted molar refractivity (Wildman–Crippen MR) is 142 cm³/mol. The maximum Gasteiger partial charge on any atom is 0.306 e. The van der Waals surface area contributed by atoms with Crippen LogP contribution < -0.4 is 4.74 Å². The third-order valence-electron chi connectivity index (χ3n) is 6.04. The number of benzene rings is 1. The lowest BCUT2D eigenvalue weighted by molar-refractivity contribution is -0.143. The van der Waals surface area contributed by atoms with Crippen molar-refractivity contribution in [3.63, 3.8) is 0 Å². The van der Waals surface area contributed by atoms with E-state index in [9.17, 15) is 9.59 Å². The van der Waals surface area contributed by atoms with Gasteiger partial charge in [-0.3, -0.25) is 15.0 Å². The highest BCUT2D eigenvalue weighted by atomic mass is 79.9. The van der Waals surface area contributed by atoms with Crippen LogP contribution in [0, 0.1) is 5.41 Å². The van der Waals surface area contributed by atoms with Gasteiger partial charge in [0.1, 0.15) is 17.3 Å². The molecule has 190 valence electrons. The summed E-state index contributed by atoms with van der Waals surface area (Å²) in [5.41, 5.74) is 4.57. The lowest BCUT2D eigenvalue weighted by atomic mass is 9.83. The van der Waals surface area contributed by atoms with Gasteiger partial charge in [0.25, 0.3) is 0 Å². The highest BCUT2D eigenvalue weighted by molar-refractivity contribution is 8.93. The first kappa shape index (κ1) is 28.5. The van der Waals surface area contributed by atoms with E-state index in [0.29, 0.717) is 36.6 Å². The second-order valence-electron chi connectivity index (χ2n) is 9.56. The van der Waals surface area contributed by atoms with Crippen molar-refractivity contribution < 1.29 is 19.1 Å². The van der Waals surface area contributed by atoms with Crippen LogP contribution in [0.1, 0.15) is 79.5 Å². The molecule has 0 saturated heterocycles. The molecule has 2 heterocycles. The molecule has 3 rings (SSSR count).